The normalized spacial score (nSPS) is 20.7. The Kier molecular flexibility index (Phi) is 5.75. The number of carboxylic acid groups (broad SMARTS) is 1. The zero-order valence-corrected chi connectivity index (χ0v) is 14.1. The molecule has 0 spiro atoms. The SMILES string of the molecule is CCCCc1ccc(CC(=O)N2CCC(C(=O)O)(C(F)(F)F)C2)cc1. The number of unbranched alkanes of at least 4 members (excludes halogenated alkanes) is 1. The molecule has 0 radical (unpaired) electrons. The van der Waals surface area contributed by atoms with Crippen molar-refractivity contribution >= 4 is 11.9 Å². The summed E-state index contributed by atoms with van der Waals surface area (Å²) in [5.74, 6) is -2.40. The van der Waals surface area contributed by atoms with Gasteiger partial charge in [0.05, 0.1) is 6.42 Å². The van der Waals surface area contributed by atoms with Gasteiger partial charge in [0, 0.05) is 13.1 Å². The molecule has 0 saturated carbocycles. The van der Waals surface area contributed by atoms with Crippen molar-refractivity contribution in [3.05, 3.63) is 35.4 Å². The number of benzene rings is 1. The number of aryl methyl sites for hydroxylation is 1. The standard InChI is InChI=1S/C18H22F3NO3/c1-2-3-4-13-5-7-14(8-6-13)11-15(23)22-10-9-17(12-22,16(24)25)18(19,20)21/h5-8H,2-4,9-12H2,1H3,(H,24,25). The molecule has 0 bridgehead atoms. The first-order valence-electron chi connectivity index (χ1n) is 8.35. The molecule has 1 aromatic rings. The molecule has 1 N–H and O–H groups in total. The summed E-state index contributed by atoms with van der Waals surface area (Å²) in [6.45, 7) is 1.08. The number of hydrogen-bond donors (Lipinski definition) is 1. The average Bonchev–Trinajstić information content (AvgIpc) is 3.01. The van der Waals surface area contributed by atoms with Gasteiger partial charge < -0.3 is 10.0 Å². The number of nitrogens with zero attached hydrogens (tertiary/aromatic N) is 1. The van der Waals surface area contributed by atoms with E-state index in [0.717, 1.165) is 29.7 Å². The molecular weight excluding hydrogens is 335 g/mol. The molecule has 1 unspecified atom stereocenters. The molecule has 2 rings (SSSR count). The van der Waals surface area contributed by atoms with Crippen LogP contribution in [0.25, 0.3) is 0 Å². The number of aliphatic carboxylic acids is 1. The van der Waals surface area contributed by atoms with E-state index < -0.39 is 36.4 Å². The molecule has 1 heterocycles. The largest absolute Gasteiger partial charge is 0.481 e. The highest BCUT2D eigenvalue weighted by Crippen LogP contribution is 2.45. The van der Waals surface area contributed by atoms with Crippen LogP contribution in [0.3, 0.4) is 0 Å². The number of rotatable bonds is 6. The van der Waals surface area contributed by atoms with Gasteiger partial charge in [-0.2, -0.15) is 13.2 Å². The van der Waals surface area contributed by atoms with E-state index in [2.05, 4.69) is 6.92 Å². The molecule has 0 aromatic heterocycles. The van der Waals surface area contributed by atoms with Gasteiger partial charge in [0.15, 0.2) is 5.41 Å². The third kappa shape index (κ3) is 4.14. The van der Waals surface area contributed by atoms with Crippen LogP contribution >= 0.6 is 0 Å². The number of likely N-dealkylation sites (tertiary alicyclic amines) is 1. The van der Waals surface area contributed by atoms with Crippen molar-refractivity contribution in [2.24, 2.45) is 5.41 Å². The lowest BCUT2D eigenvalue weighted by Crippen LogP contribution is -2.47. The molecule has 0 aliphatic carbocycles. The van der Waals surface area contributed by atoms with Gasteiger partial charge in [0.25, 0.3) is 0 Å². The minimum atomic E-state index is -4.88. The van der Waals surface area contributed by atoms with Crippen molar-refractivity contribution in [1.29, 1.82) is 0 Å². The lowest BCUT2D eigenvalue weighted by atomic mass is 9.86. The summed E-state index contributed by atoms with van der Waals surface area (Å²) < 4.78 is 39.5. The number of amides is 1. The smallest absolute Gasteiger partial charge is 0.406 e. The van der Waals surface area contributed by atoms with Crippen molar-refractivity contribution in [3.8, 4) is 0 Å². The predicted octanol–water partition coefficient (Wildman–Crippen LogP) is 3.44. The lowest BCUT2D eigenvalue weighted by Gasteiger charge is -2.27. The topological polar surface area (TPSA) is 57.6 Å². The summed E-state index contributed by atoms with van der Waals surface area (Å²) in [7, 11) is 0. The van der Waals surface area contributed by atoms with Crippen LogP contribution in [0, 0.1) is 5.41 Å². The van der Waals surface area contributed by atoms with Crippen molar-refractivity contribution in [1.82, 2.24) is 4.90 Å². The second-order valence-electron chi connectivity index (χ2n) is 6.55. The van der Waals surface area contributed by atoms with Crippen LogP contribution in [0.2, 0.25) is 0 Å². The fourth-order valence-electron chi connectivity index (χ4n) is 3.04. The first-order chi connectivity index (χ1) is 11.7. The van der Waals surface area contributed by atoms with Gasteiger partial charge in [-0.25, -0.2) is 0 Å². The molecule has 25 heavy (non-hydrogen) atoms. The molecule has 1 amide bonds. The van der Waals surface area contributed by atoms with E-state index in [1.807, 2.05) is 12.1 Å². The Bertz CT molecular complexity index is 627. The van der Waals surface area contributed by atoms with Crippen LogP contribution in [0.1, 0.15) is 37.3 Å². The third-order valence-electron chi connectivity index (χ3n) is 4.77. The zero-order chi connectivity index (χ0) is 18.7. The number of alkyl halides is 3. The maximum atomic E-state index is 13.2. The zero-order valence-electron chi connectivity index (χ0n) is 14.1. The van der Waals surface area contributed by atoms with Crippen molar-refractivity contribution in [2.75, 3.05) is 13.1 Å². The highest BCUT2D eigenvalue weighted by Gasteiger charge is 2.64. The Hall–Kier alpha value is -2.05. The minimum absolute atomic E-state index is 0.0262. The Morgan fingerprint density at radius 3 is 2.28 bits per heavy atom. The number of hydrogen-bond acceptors (Lipinski definition) is 2. The van der Waals surface area contributed by atoms with E-state index >= 15 is 0 Å². The first-order valence-corrected chi connectivity index (χ1v) is 8.35. The maximum absolute atomic E-state index is 13.2. The van der Waals surface area contributed by atoms with Crippen LogP contribution < -0.4 is 0 Å². The summed E-state index contributed by atoms with van der Waals surface area (Å²) >= 11 is 0. The van der Waals surface area contributed by atoms with Crippen molar-refractivity contribution in [3.63, 3.8) is 0 Å². The monoisotopic (exact) mass is 357 g/mol. The summed E-state index contributed by atoms with van der Waals surface area (Å²) in [6, 6.07) is 7.43. The van der Waals surface area contributed by atoms with Gasteiger partial charge >= 0.3 is 12.1 Å². The molecule has 1 saturated heterocycles. The molecule has 1 atom stereocenters. The number of carboxylic acids is 1. The Morgan fingerprint density at radius 1 is 1.20 bits per heavy atom. The molecule has 4 nitrogen and oxygen atoms in total. The second kappa shape index (κ2) is 7.45. The van der Waals surface area contributed by atoms with Crippen molar-refractivity contribution in [2.45, 2.75) is 45.2 Å². The molecule has 7 heteroatoms. The average molecular weight is 357 g/mol. The summed E-state index contributed by atoms with van der Waals surface area (Å²) in [4.78, 5) is 24.4. The maximum Gasteiger partial charge on any atom is 0.406 e. The molecule has 138 valence electrons. The predicted molar refractivity (Wildman–Crippen MR) is 86.1 cm³/mol. The molecule has 1 aromatic carbocycles. The van der Waals surface area contributed by atoms with Gasteiger partial charge in [-0.15, -0.1) is 0 Å². The van der Waals surface area contributed by atoms with E-state index in [1.165, 1.54) is 0 Å². The number of carbonyl (C=O) groups excluding carboxylic acids is 1. The van der Waals surface area contributed by atoms with Crippen LogP contribution in [-0.4, -0.2) is 41.1 Å². The van der Waals surface area contributed by atoms with Crippen LogP contribution in [0.5, 0.6) is 0 Å². The van der Waals surface area contributed by atoms with Crippen LogP contribution in [0.15, 0.2) is 24.3 Å². The van der Waals surface area contributed by atoms with Crippen molar-refractivity contribution < 1.29 is 27.9 Å². The molecule has 1 fully saturated rings. The third-order valence-corrected chi connectivity index (χ3v) is 4.77. The van der Waals surface area contributed by atoms with Gasteiger partial charge in [0.1, 0.15) is 0 Å². The quantitative estimate of drug-likeness (QED) is 0.849. The Morgan fingerprint density at radius 2 is 1.80 bits per heavy atom. The number of halogens is 3. The van der Waals surface area contributed by atoms with E-state index in [4.69, 9.17) is 5.11 Å². The minimum Gasteiger partial charge on any atom is -0.481 e. The van der Waals surface area contributed by atoms with Gasteiger partial charge in [0.2, 0.25) is 5.91 Å². The summed E-state index contributed by atoms with van der Waals surface area (Å²) in [5.41, 5.74) is -0.988. The summed E-state index contributed by atoms with van der Waals surface area (Å²) in [6.07, 6.45) is -2.41. The van der Waals surface area contributed by atoms with E-state index in [1.54, 1.807) is 12.1 Å². The fraction of sp³-hybridized carbons (Fsp3) is 0.556. The molecular formula is C18H22F3NO3. The van der Waals surface area contributed by atoms with Crippen LogP contribution in [0.4, 0.5) is 13.2 Å². The first kappa shape index (κ1) is 19.3. The van der Waals surface area contributed by atoms with Gasteiger partial charge in [-0.1, -0.05) is 37.6 Å². The van der Waals surface area contributed by atoms with E-state index in [9.17, 15) is 22.8 Å². The second-order valence-corrected chi connectivity index (χ2v) is 6.55. The number of carbonyl (C=O) groups is 2. The highest BCUT2D eigenvalue weighted by molar-refractivity contribution is 5.82. The van der Waals surface area contributed by atoms with Gasteiger partial charge in [-0.3, -0.25) is 9.59 Å². The van der Waals surface area contributed by atoms with Crippen LogP contribution in [-0.2, 0) is 22.4 Å². The Balaban J connectivity index is 2.01. The highest BCUT2D eigenvalue weighted by atomic mass is 19.4. The molecule has 1 aliphatic heterocycles. The van der Waals surface area contributed by atoms with E-state index in [-0.39, 0.29) is 13.0 Å². The molecule has 1 aliphatic rings. The van der Waals surface area contributed by atoms with Gasteiger partial charge in [-0.05, 0) is 30.4 Å². The van der Waals surface area contributed by atoms with E-state index in [0.29, 0.717) is 5.56 Å². The lowest BCUT2D eigenvalue weighted by molar-refractivity contribution is -0.227. The fourth-order valence-corrected chi connectivity index (χ4v) is 3.04. The Labute approximate surface area is 144 Å². The summed E-state index contributed by atoms with van der Waals surface area (Å²) in [5, 5.41) is 9.03.